The molecule has 0 N–H and O–H groups in total. The minimum absolute atomic E-state index is 0.565. The van der Waals surface area contributed by atoms with Gasteiger partial charge < -0.3 is 13.7 Å². The largest absolute Gasteiger partial charge is 0.309 e. The lowest BCUT2D eigenvalue weighted by Gasteiger charge is -2.18. The van der Waals surface area contributed by atoms with Crippen LogP contribution < -0.4 is 0 Å². The van der Waals surface area contributed by atoms with Crippen molar-refractivity contribution in [3.05, 3.63) is 187 Å². The first kappa shape index (κ1) is 30.7. The number of hydrogen-bond donors (Lipinski definition) is 0. The molecule has 0 atom stereocenters. The summed E-state index contributed by atoms with van der Waals surface area (Å²) in [5, 5.41) is 27.5. The number of nitriles is 2. The predicted octanol–water partition coefficient (Wildman–Crippen LogP) is 12.4. The third-order valence-corrected chi connectivity index (χ3v) is 11.1. The Bertz CT molecular complexity index is 3420. The molecule has 0 bridgehead atoms. The maximum Gasteiger partial charge on any atom is 0.0998 e. The molecule has 0 radical (unpaired) electrons. The fourth-order valence-electron chi connectivity index (χ4n) is 8.83. The Hall–Kier alpha value is -7.86. The topological polar surface area (TPSA) is 62.4 Å². The van der Waals surface area contributed by atoms with E-state index in [4.69, 9.17) is 0 Å². The van der Waals surface area contributed by atoms with Crippen LogP contribution in [0, 0.1) is 22.7 Å². The van der Waals surface area contributed by atoms with Crippen LogP contribution in [0.1, 0.15) is 11.1 Å². The van der Waals surface area contributed by atoms with E-state index in [0.717, 1.165) is 82.8 Å². The van der Waals surface area contributed by atoms with E-state index in [1.807, 2.05) is 42.5 Å². The molecular formula is C50H29N5. The van der Waals surface area contributed by atoms with E-state index < -0.39 is 0 Å². The third-order valence-electron chi connectivity index (χ3n) is 11.1. The molecule has 55 heavy (non-hydrogen) atoms. The van der Waals surface area contributed by atoms with Gasteiger partial charge in [-0.15, -0.1) is 0 Å². The summed E-state index contributed by atoms with van der Waals surface area (Å²) < 4.78 is 6.93. The van der Waals surface area contributed by atoms with Gasteiger partial charge in [-0.25, -0.2) is 0 Å². The second-order valence-electron chi connectivity index (χ2n) is 14.0. The maximum atomic E-state index is 10.8. The Labute approximate surface area is 316 Å². The molecule has 0 unspecified atom stereocenters. The lowest BCUT2D eigenvalue weighted by atomic mass is 9.97. The number of benzene rings is 8. The number of para-hydroxylation sites is 6. The van der Waals surface area contributed by atoms with Crippen molar-refractivity contribution in [3.8, 4) is 40.3 Å². The zero-order valence-electron chi connectivity index (χ0n) is 29.5. The highest BCUT2D eigenvalue weighted by Crippen LogP contribution is 2.42. The first-order valence-corrected chi connectivity index (χ1v) is 18.3. The van der Waals surface area contributed by atoms with Gasteiger partial charge in [0.2, 0.25) is 0 Å². The standard InChI is InChI=1S/C50H29N5/c51-30-32-24-26-41-39-15-2-6-18-43(39)53(49(41)28-32)34-25-27-35(33(29-34)31-52)36-12-1-9-21-46(36)55-47-22-10-5-16-40(47)42-17-11-23-48(50(42)55)54-44-19-7-3-13-37(44)38-14-4-8-20-45(38)54/h1-29H. The summed E-state index contributed by atoms with van der Waals surface area (Å²) in [7, 11) is 0. The lowest BCUT2D eigenvalue weighted by molar-refractivity contribution is 1.13. The summed E-state index contributed by atoms with van der Waals surface area (Å²) in [5.74, 6) is 0. The minimum atomic E-state index is 0.565. The molecule has 0 spiro atoms. The van der Waals surface area contributed by atoms with Crippen molar-refractivity contribution in [1.29, 1.82) is 10.5 Å². The number of aromatic nitrogens is 3. The van der Waals surface area contributed by atoms with Crippen LogP contribution >= 0.6 is 0 Å². The zero-order valence-corrected chi connectivity index (χ0v) is 29.5. The van der Waals surface area contributed by atoms with E-state index in [9.17, 15) is 10.5 Å². The lowest BCUT2D eigenvalue weighted by Crippen LogP contribution is -2.03. The Kier molecular flexibility index (Phi) is 6.61. The van der Waals surface area contributed by atoms with E-state index in [0.29, 0.717) is 11.1 Å². The molecule has 0 amide bonds. The van der Waals surface area contributed by atoms with Crippen LogP contribution in [0.3, 0.4) is 0 Å². The van der Waals surface area contributed by atoms with Gasteiger partial charge in [0.25, 0.3) is 0 Å². The predicted molar refractivity (Wildman–Crippen MR) is 224 cm³/mol. The van der Waals surface area contributed by atoms with E-state index in [1.54, 1.807) is 0 Å². The van der Waals surface area contributed by atoms with Crippen molar-refractivity contribution < 1.29 is 0 Å². The molecule has 5 nitrogen and oxygen atoms in total. The normalized spacial score (nSPS) is 11.6. The van der Waals surface area contributed by atoms with Crippen LogP contribution in [0.5, 0.6) is 0 Å². The smallest absolute Gasteiger partial charge is 0.0998 e. The van der Waals surface area contributed by atoms with Crippen molar-refractivity contribution in [3.63, 3.8) is 0 Å². The fourth-order valence-corrected chi connectivity index (χ4v) is 8.83. The average molecular weight is 700 g/mol. The molecule has 254 valence electrons. The highest BCUT2D eigenvalue weighted by Gasteiger charge is 2.22. The third kappa shape index (κ3) is 4.39. The number of nitrogens with zero attached hydrogens (tertiary/aromatic N) is 5. The summed E-state index contributed by atoms with van der Waals surface area (Å²) in [6.45, 7) is 0. The quantitative estimate of drug-likeness (QED) is 0.184. The second-order valence-corrected chi connectivity index (χ2v) is 14.0. The second kappa shape index (κ2) is 11.8. The monoisotopic (exact) mass is 699 g/mol. The molecule has 0 aliphatic heterocycles. The van der Waals surface area contributed by atoms with Gasteiger partial charge in [0.15, 0.2) is 0 Å². The van der Waals surface area contributed by atoms with Gasteiger partial charge in [0.1, 0.15) is 0 Å². The van der Waals surface area contributed by atoms with Gasteiger partial charge in [-0.2, -0.15) is 10.5 Å². The molecule has 8 aromatic carbocycles. The molecule has 5 heteroatoms. The molecule has 0 fully saturated rings. The maximum absolute atomic E-state index is 10.8. The molecule has 3 aromatic heterocycles. The van der Waals surface area contributed by atoms with Gasteiger partial charge in [0, 0.05) is 49.1 Å². The van der Waals surface area contributed by atoms with Crippen LogP contribution in [-0.4, -0.2) is 13.7 Å². The summed E-state index contributed by atoms with van der Waals surface area (Å²) >= 11 is 0. The van der Waals surface area contributed by atoms with Gasteiger partial charge >= 0.3 is 0 Å². The molecule has 0 saturated heterocycles. The van der Waals surface area contributed by atoms with E-state index >= 15 is 0 Å². The van der Waals surface area contributed by atoms with Crippen molar-refractivity contribution in [2.75, 3.05) is 0 Å². The van der Waals surface area contributed by atoms with Crippen molar-refractivity contribution in [2.45, 2.75) is 0 Å². The van der Waals surface area contributed by atoms with E-state index in [-0.39, 0.29) is 0 Å². The first-order chi connectivity index (χ1) is 27.2. The summed E-state index contributed by atoms with van der Waals surface area (Å²) in [4.78, 5) is 0. The Morgan fingerprint density at radius 3 is 1.53 bits per heavy atom. The van der Waals surface area contributed by atoms with Crippen LogP contribution in [0.15, 0.2) is 176 Å². The molecule has 11 aromatic rings. The van der Waals surface area contributed by atoms with Gasteiger partial charge in [-0.3, -0.25) is 0 Å². The van der Waals surface area contributed by atoms with Crippen molar-refractivity contribution in [2.24, 2.45) is 0 Å². The molecule has 0 aliphatic carbocycles. The molecule has 11 rings (SSSR count). The Morgan fingerprint density at radius 1 is 0.345 bits per heavy atom. The number of hydrogen-bond acceptors (Lipinski definition) is 2. The SMILES string of the molecule is N#Cc1ccc2c3ccccc3n(-c3ccc(-c4ccccc4-n4c5ccccc5c5cccc(-n6c7ccccc7c7ccccc76)c54)c(C#N)c3)c2c1. The van der Waals surface area contributed by atoms with Gasteiger partial charge in [-0.1, -0.05) is 115 Å². The number of fused-ring (bicyclic) bond motifs is 9. The van der Waals surface area contributed by atoms with Gasteiger partial charge in [0.05, 0.1) is 67.7 Å². The van der Waals surface area contributed by atoms with Crippen LogP contribution in [0.4, 0.5) is 0 Å². The zero-order chi connectivity index (χ0) is 36.6. The van der Waals surface area contributed by atoms with Crippen LogP contribution in [0.25, 0.3) is 93.6 Å². The summed E-state index contributed by atoms with van der Waals surface area (Å²) in [6.07, 6.45) is 0. The molecule has 0 saturated carbocycles. The van der Waals surface area contributed by atoms with Gasteiger partial charge in [-0.05, 0) is 60.7 Å². The summed E-state index contributed by atoms with van der Waals surface area (Å²) in [6, 6.07) is 65.9. The molecule has 3 heterocycles. The van der Waals surface area contributed by atoms with Crippen LogP contribution in [-0.2, 0) is 0 Å². The van der Waals surface area contributed by atoms with Crippen LogP contribution in [0.2, 0.25) is 0 Å². The highest BCUT2D eigenvalue weighted by molar-refractivity contribution is 6.15. The van der Waals surface area contributed by atoms with E-state index in [1.165, 1.54) is 10.8 Å². The Balaban J connectivity index is 1.18. The Morgan fingerprint density at radius 2 is 0.873 bits per heavy atom. The molecular weight excluding hydrogens is 671 g/mol. The van der Waals surface area contributed by atoms with Crippen molar-refractivity contribution in [1.82, 2.24) is 13.7 Å². The minimum Gasteiger partial charge on any atom is -0.309 e. The fraction of sp³-hybridized carbons (Fsp3) is 0. The highest BCUT2D eigenvalue weighted by atomic mass is 15.1. The molecule has 0 aliphatic rings. The van der Waals surface area contributed by atoms with Crippen molar-refractivity contribution >= 4 is 65.4 Å². The average Bonchev–Trinajstić information content (AvgIpc) is 3.89. The van der Waals surface area contributed by atoms with E-state index in [2.05, 4.69) is 159 Å². The number of rotatable bonds is 4. The first-order valence-electron chi connectivity index (χ1n) is 18.3. The summed E-state index contributed by atoms with van der Waals surface area (Å²) in [5.41, 5.74) is 12.3.